The van der Waals surface area contributed by atoms with Crippen molar-refractivity contribution in [1.29, 1.82) is 0 Å². The van der Waals surface area contributed by atoms with Gasteiger partial charge in [-0.25, -0.2) is 0 Å². The van der Waals surface area contributed by atoms with Crippen molar-refractivity contribution in [3.05, 3.63) is 29.8 Å². The molecule has 2 fully saturated rings. The van der Waals surface area contributed by atoms with Crippen LogP contribution in [0, 0.1) is 5.92 Å². The fraction of sp³-hybridized carbons (Fsp3) is 0.562. The van der Waals surface area contributed by atoms with Crippen molar-refractivity contribution >= 4 is 11.6 Å². The average Bonchev–Trinajstić information content (AvgIpc) is 2.86. The minimum absolute atomic E-state index is 0.156. The van der Waals surface area contributed by atoms with Crippen molar-refractivity contribution in [2.45, 2.75) is 12.8 Å². The third-order valence-corrected chi connectivity index (χ3v) is 4.46. The Morgan fingerprint density at radius 1 is 1.20 bits per heavy atom. The van der Waals surface area contributed by atoms with Gasteiger partial charge in [0, 0.05) is 44.3 Å². The molecule has 1 aromatic rings. The number of hydrogen-bond donors (Lipinski definition) is 1. The standard InChI is InChI=1S/C16H23N3O/c1-18-8-10-19(11-9-18)15-5-3-2-4-13(15)12-14-6-7-17-16(14)20/h2-5,14H,6-12H2,1H3,(H,17,20)/t14-/m0/s1. The Labute approximate surface area is 120 Å². The van der Waals surface area contributed by atoms with Crippen LogP contribution in [0.5, 0.6) is 0 Å². The van der Waals surface area contributed by atoms with E-state index in [9.17, 15) is 4.79 Å². The van der Waals surface area contributed by atoms with Gasteiger partial charge in [-0.3, -0.25) is 4.79 Å². The molecule has 2 aliphatic heterocycles. The lowest BCUT2D eigenvalue weighted by Gasteiger charge is -2.35. The van der Waals surface area contributed by atoms with Gasteiger partial charge in [-0.15, -0.1) is 0 Å². The normalized spacial score (nSPS) is 23.9. The molecule has 2 saturated heterocycles. The Morgan fingerprint density at radius 3 is 2.65 bits per heavy atom. The van der Waals surface area contributed by atoms with Crippen molar-refractivity contribution in [3.8, 4) is 0 Å². The molecule has 3 rings (SSSR count). The number of rotatable bonds is 3. The number of hydrogen-bond acceptors (Lipinski definition) is 3. The summed E-state index contributed by atoms with van der Waals surface area (Å²) in [6.45, 7) is 5.20. The summed E-state index contributed by atoms with van der Waals surface area (Å²) in [4.78, 5) is 16.6. The second-order valence-electron chi connectivity index (χ2n) is 5.90. The van der Waals surface area contributed by atoms with Crippen LogP contribution in [0.15, 0.2) is 24.3 Å². The lowest BCUT2D eigenvalue weighted by atomic mass is 9.96. The lowest BCUT2D eigenvalue weighted by molar-refractivity contribution is -0.122. The van der Waals surface area contributed by atoms with Crippen LogP contribution in [0.1, 0.15) is 12.0 Å². The molecule has 1 atom stereocenters. The number of amides is 1. The van der Waals surface area contributed by atoms with Gasteiger partial charge in [-0.2, -0.15) is 0 Å². The summed E-state index contributed by atoms with van der Waals surface area (Å²) in [5, 5.41) is 2.94. The summed E-state index contributed by atoms with van der Waals surface area (Å²) in [7, 11) is 2.17. The zero-order chi connectivity index (χ0) is 13.9. The maximum Gasteiger partial charge on any atom is 0.223 e. The number of nitrogens with one attached hydrogen (secondary N) is 1. The highest BCUT2D eigenvalue weighted by Gasteiger charge is 2.26. The first kappa shape index (κ1) is 13.4. The van der Waals surface area contributed by atoms with Crippen LogP contribution in [0.3, 0.4) is 0 Å². The van der Waals surface area contributed by atoms with E-state index in [1.165, 1.54) is 11.3 Å². The second kappa shape index (κ2) is 5.83. The van der Waals surface area contributed by atoms with Crippen LogP contribution < -0.4 is 10.2 Å². The highest BCUT2D eigenvalue weighted by atomic mass is 16.2. The highest BCUT2D eigenvalue weighted by molar-refractivity contribution is 5.81. The first-order valence-corrected chi connectivity index (χ1v) is 7.53. The molecule has 0 spiro atoms. The predicted octanol–water partition coefficient (Wildman–Crippen LogP) is 1.12. The zero-order valence-electron chi connectivity index (χ0n) is 12.1. The van der Waals surface area contributed by atoms with E-state index < -0.39 is 0 Å². The quantitative estimate of drug-likeness (QED) is 0.896. The summed E-state index contributed by atoms with van der Waals surface area (Å²) < 4.78 is 0. The van der Waals surface area contributed by atoms with Crippen LogP contribution in [0.2, 0.25) is 0 Å². The summed E-state index contributed by atoms with van der Waals surface area (Å²) in [6, 6.07) is 8.57. The third kappa shape index (κ3) is 2.80. The van der Waals surface area contributed by atoms with Gasteiger partial charge in [0.1, 0.15) is 0 Å². The number of nitrogens with zero attached hydrogens (tertiary/aromatic N) is 2. The minimum Gasteiger partial charge on any atom is -0.369 e. The molecule has 0 aliphatic carbocycles. The molecule has 1 aromatic carbocycles. The predicted molar refractivity (Wildman–Crippen MR) is 81.0 cm³/mol. The first-order valence-electron chi connectivity index (χ1n) is 7.53. The Bertz CT molecular complexity index is 480. The molecule has 1 amide bonds. The van der Waals surface area contributed by atoms with Gasteiger partial charge >= 0.3 is 0 Å². The third-order valence-electron chi connectivity index (χ3n) is 4.46. The molecular weight excluding hydrogens is 250 g/mol. The molecule has 20 heavy (non-hydrogen) atoms. The zero-order valence-corrected chi connectivity index (χ0v) is 12.1. The molecule has 4 nitrogen and oxygen atoms in total. The van der Waals surface area contributed by atoms with E-state index in [0.717, 1.165) is 45.6 Å². The van der Waals surface area contributed by atoms with Crippen molar-refractivity contribution in [3.63, 3.8) is 0 Å². The average molecular weight is 273 g/mol. The van der Waals surface area contributed by atoms with Crippen molar-refractivity contribution in [2.75, 3.05) is 44.7 Å². The van der Waals surface area contributed by atoms with Gasteiger partial charge in [0.25, 0.3) is 0 Å². The first-order chi connectivity index (χ1) is 9.74. The lowest BCUT2D eigenvalue weighted by Crippen LogP contribution is -2.44. The van der Waals surface area contributed by atoms with E-state index in [4.69, 9.17) is 0 Å². The molecular formula is C16H23N3O. The van der Waals surface area contributed by atoms with Crippen LogP contribution in [-0.2, 0) is 11.2 Å². The van der Waals surface area contributed by atoms with Gasteiger partial charge in [-0.1, -0.05) is 18.2 Å². The van der Waals surface area contributed by atoms with Crippen LogP contribution in [0.25, 0.3) is 0 Å². The van der Waals surface area contributed by atoms with Crippen molar-refractivity contribution < 1.29 is 4.79 Å². The molecule has 4 heteroatoms. The van der Waals surface area contributed by atoms with Gasteiger partial charge in [0.05, 0.1) is 0 Å². The van der Waals surface area contributed by atoms with Gasteiger partial charge < -0.3 is 15.1 Å². The fourth-order valence-electron chi connectivity index (χ4n) is 3.14. The number of likely N-dealkylation sites (N-methyl/N-ethyl adjacent to an activating group) is 1. The number of benzene rings is 1. The monoisotopic (exact) mass is 273 g/mol. The molecule has 0 aromatic heterocycles. The molecule has 108 valence electrons. The molecule has 0 unspecified atom stereocenters. The van der Waals surface area contributed by atoms with E-state index in [1.807, 2.05) is 0 Å². The maximum absolute atomic E-state index is 11.8. The topological polar surface area (TPSA) is 35.6 Å². The van der Waals surface area contributed by atoms with E-state index >= 15 is 0 Å². The van der Waals surface area contributed by atoms with Gasteiger partial charge in [0.2, 0.25) is 5.91 Å². The number of carbonyl (C=O) groups excluding carboxylic acids is 1. The molecule has 2 heterocycles. The van der Waals surface area contributed by atoms with E-state index in [0.29, 0.717) is 0 Å². The van der Waals surface area contributed by atoms with Crippen LogP contribution >= 0.6 is 0 Å². The summed E-state index contributed by atoms with van der Waals surface area (Å²) in [5.41, 5.74) is 2.64. The van der Waals surface area contributed by atoms with E-state index in [1.54, 1.807) is 0 Å². The van der Waals surface area contributed by atoms with E-state index in [2.05, 4.69) is 46.4 Å². The number of anilines is 1. The fourth-order valence-corrected chi connectivity index (χ4v) is 3.14. The molecule has 2 aliphatic rings. The highest BCUT2D eigenvalue weighted by Crippen LogP contribution is 2.26. The molecule has 0 bridgehead atoms. The molecule has 1 N–H and O–H groups in total. The largest absolute Gasteiger partial charge is 0.369 e. The van der Waals surface area contributed by atoms with Crippen molar-refractivity contribution in [1.82, 2.24) is 10.2 Å². The van der Waals surface area contributed by atoms with E-state index in [-0.39, 0.29) is 11.8 Å². The second-order valence-corrected chi connectivity index (χ2v) is 5.90. The maximum atomic E-state index is 11.8. The summed E-state index contributed by atoms with van der Waals surface area (Å²) in [5.74, 6) is 0.377. The van der Waals surface area contributed by atoms with Gasteiger partial charge in [-0.05, 0) is 31.5 Å². The SMILES string of the molecule is CN1CCN(c2ccccc2C[C@@H]2CCNC2=O)CC1. The van der Waals surface area contributed by atoms with Crippen molar-refractivity contribution in [2.24, 2.45) is 5.92 Å². The Balaban J connectivity index is 1.76. The van der Waals surface area contributed by atoms with Gasteiger partial charge in [0.15, 0.2) is 0 Å². The number of piperazine rings is 1. The molecule has 0 radical (unpaired) electrons. The molecule has 0 saturated carbocycles. The van der Waals surface area contributed by atoms with Crippen LogP contribution in [0.4, 0.5) is 5.69 Å². The Morgan fingerprint density at radius 2 is 1.95 bits per heavy atom. The minimum atomic E-state index is 0.156. The number of carbonyl (C=O) groups is 1. The Kier molecular flexibility index (Phi) is 3.92. The smallest absolute Gasteiger partial charge is 0.223 e. The van der Waals surface area contributed by atoms with Crippen LogP contribution in [-0.4, -0.2) is 50.6 Å². The summed E-state index contributed by atoms with van der Waals surface area (Å²) >= 11 is 0. The Hall–Kier alpha value is -1.55. The summed E-state index contributed by atoms with van der Waals surface area (Å²) in [6.07, 6.45) is 1.84. The number of para-hydroxylation sites is 1.